The van der Waals surface area contributed by atoms with E-state index in [1.54, 1.807) is 19.1 Å². The first-order valence-electron chi connectivity index (χ1n) is 12.8. The average molecular weight is 498 g/mol. The van der Waals surface area contributed by atoms with Gasteiger partial charge in [0.2, 0.25) is 0 Å². The number of carbonyl (C=O) groups excluding carboxylic acids is 1. The molecule has 5 rings (SSSR count). The number of anilines is 1. The highest BCUT2D eigenvalue weighted by molar-refractivity contribution is 6.03. The summed E-state index contributed by atoms with van der Waals surface area (Å²) in [4.78, 5) is 23.8. The fraction of sp³-hybridized carbons (Fsp3) is 0.290. The van der Waals surface area contributed by atoms with Crippen molar-refractivity contribution in [3.63, 3.8) is 0 Å². The summed E-state index contributed by atoms with van der Waals surface area (Å²) in [5, 5.41) is 14.3. The number of aliphatic carboxylic acids is 1. The first-order chi connectivity index (χ1) is 18.0. The second kappa shape index (κ2) is 10.9. The van der Waals surface area contributed by atoms with Crippen LogP contribution in [0, 0.1) is 11.8 Å². The van der Waals surface area contributed by atoms with Crippen LogP contribution < -0.4 is 10.1 Å². The molecular weight excluding hydrogens is 466 g/mol. The van der Waals surface area contributed by atoms with Crippen LogP contribution in [0.5, 0.6) is 5.75 Å². The Morgan fingerprint density at radius 3 is 2.57 bits per heavy atom. The number of ether oxygens (including phenoxy) is 1. The van der Waals surface area contributed by atoms with Crippen molar-refractivity contribution in [2.45, 2.75) is 39.0 Å². The molecule has 4 aromatic rings. The Bertz CT molecular complexity index is 1400. The van der Waals surface area contributed by atoms with Crippen LogP contribution in [-0.4, -0.2) is 23.6 Å². The van der Waals surface area contributed by atoms with Gasteiger partial charge in [-0.25, -0.2) is 0 Å². The maximum Gasteiger partial charge on any atom is 0.306 e. The largest absolute Gasteiger partial charge is 0.493 e. The molecule has 1 unspecified atom stereocenters. The van der Waals surface area contributed by atoms with E-state index in [0.717, 1.165) is 33.2 Å². The summed E-state index contributed by atoms with van der Waals surface area (Å²) in [5.41, 5.74) is 3.62. The quantitative estimate of drug-likeness (QED) is 0.256. The minimum Gasteiger partial charge on any atom is -0.493 e. The minimum absolute atomic E-state index is 0.262. The highest BCUT2D eigenvalue weighted by Gasteiger charge is 2.18. The van der Waals surface area contributed by atoms with Gasteiger partial charge >= 0.3 is 5.97 Å². The Hall–Kier alpha value is -4.06. The molecule has 1 saturated carbocycles. The zero-order valence-corrected chi connectivity index (χ0v) is 20.9. The molecule has 1 atom stereocenters. The van der Waals surface area contributed by atoms with Gasteiger partial charge in [-0.05, 0) is 89.5 Å². The maximum absolute atomic E-state index is 12.3. The third-order valence-electron chi connectivity index (χ3n) is 7.11. The third kappa shape index (κ3) is 5.85. The molecule has 0 aliphatic heterocycles. The van der Waals surface area contributed by atoms with E-state index in [-0.39, 0.29) is 11.7 Å². The Morgan fingerprint density at radius 1 is 1.03 bits per heavy atom. The fourth-order valence-corrected chi connectivity index (χ4v) is 4.97. The van der Waals surface area contributed by atoms with Crippen molar-refractivity contribution in [3.05, 3.63) is 84.3 Å². The zero-order chi connectivity index (χ0) is 25.8. The van der Waals surface area contributed by atoms with Gasteiger partial charge in [0.25, 0.3) is 5.91 Å². The SMILES string of the molecule is CC(Cc1ccc(OCC2CCCC2)c(-c2ccc3cc(NC(=O)c4ccco4)ccc3c2)c1)C(=O)O. The van der Waals surface area contributed by atoms with Crippen molar-refractivity contribution in [1.82, 2.24) is 0 Å². The van der Waals surface area contributed by atoms with Crippen LogP contribution in [0.1, 0.15) is 48.7 Å². The Kier molecular flexibility index (Phi) is 7.26. The van der Waals surface area contributed by atoms with E-state index in [1.807, 2.05) is 42.5 Å². The standard InChI is InChI=1S/C31H31NO5/c1-20(31(34)35)15-22-8-13-28(37-19-21-5-2-3-6-21)27(16-22)25-10-9-24-18-26(12-11-23(24)17-25)32-30(33)29-7-4-14-36-29/h4,7-14,16-18,20-21H,2-3,5-6,15,19H2,1H3,(H,32,33)(H,34,35). The van der Waals surface area contributed by atoms with Crippen LogP contribution in [-0.2, 0) is 11.2 Å². The van der Waals surface area contributed by atoms with Gasteiger partial charge in [-0.15, -0.1) is 0 Å². The average Bonchev–Trinajstić information content (AvgIpc) is 3.62. The van der Waals surface area contributed by atoms with Crippen molar-refractivity contribution in [2.75, 3.05) is 11.9 Å². The Balaban J connectivity index is 1.43. The summed E-state index contributed by atoms with van der Waals surface area (Å²) in [5.74, 6) is 0.106. The summed E-state index contributed by atoms with van der Waals surface area (Å²) in [7, 11) is 0. The van der Waals surface area contributed by atoms with Crippen molar-refractivity contribution in [2.24, 2.45) is 11.8 Å². The molecule has 1 fully saturated rings. The van der Waals surface area contributed by atoms with Crippen molar-refractivity contribution in [3.8, 4) is 16.9 Å². The van der Waals surface area contributed by atoms with Crippen LogP contribution >= 0.6 is 0 Å². The van der Waals surface area contributed by atoms with Crippen molar-refractivity contribution < 1.29 is 23.8 Å². The van der Waals surface area contributed by atoms with E-state index in [2.05, 4.69) is 17.4 Å². The monoisotopic (exact) mass is 497 g/mol. The molecule has 6 heteroatoms. The molecule has 1 amide bonds. The lowest BCUT2D eigenvalue weighted by molar-refractivity contribution is -0.141. The lowest BCUT2D eigenvalue weighted by Crippen LogP contribution is -2.12. The molecule has 3 aromatic carbocycles. The number of benzene rings is 3. The van der Waals surface area contributed by atoms with Gasteiger partial charge in [-0.1, -0.05) is 44.0 Å². The van der Waals surface area contributed by atoms with Crippen molar-refractivity contribution >= 4 is 28.3 Å². The number of fused-ring (bicyclic) bond motifs is 1. The van der Waals surface area contributed by atoms with E-state index < -0.39 is 11.9 Å². The second-order valence-corrected chi connectivity index (χ2v) is 9.94. The molecule has 1 aliphatic carbocycles. The molecule has 1 heterocycles. The highest BCUT2D eigenvalue weighted by Crippen LogP contribution is 2.35. The molecule has 0 spiro atoms. The predicted octanol–water partition coefficient (Wildman–Crippen LogP) is 7.18. The first kappa shape index (κ1) is 24.6. The number of carboxylic acid groups (broad SMARTS) is 1. The number of amides is 1. The molecule has 0 saturated heterocycles. The molecule has 1 aliphatic rings. The third-order valence-corrected chi connectivity index (χ3v) is 7.11. The normalized spacial score (nSPS) is 14.5. The number of hydrogen-bond acceptors (Lipinski definition) is 4. The van der Waals surface area contributed by atoms with Gasteiger partial charge in [0.05, 0.1) is 18.8 Å². The number of nitrogens with one attached hydrogen (secondary N) is 1. The maximum atomic E-state index is 12.3. The summed E-state index contributed by atoms with van der Waals surface area (Å²) in [6, 6.07) is 21.3. The smallest absolute Gasteiger partial charge is 0.306 e. The Labute approximate surface area is 216 Å². The summed E-state index contributed by atoms with van der Waals surface area (Å²) < 4.78 is 11.5. The number of furan rings is 1. The van der Waals surface area contributed by atoms with Crippen LogP contribution in [0.2, 0.25) is 0 Å². The van der Waals surface area contributed by atoms with Crippen LogP contribution in [0.3, 0.4) is 0 Å². The molecule has 37 heavy (non-hydrogen) atoms. The molecule has 190 valence electrons. The van der Waals surface area contributed by atoms with E-state index in [1.165, 1.54) is 31.9 Å². The van der Waals surface area contributed by atoms with E-state index in [9.17, 15) is 14.7 Å². The number of carbonyl (C=O) groups is 2. The van der Waals surface area contributed by atoms with Gasteiger partial charge in [0.1, 0.15) is 5.75 Å². The van der Waals surface area contributed by atoms with E-state index in [0.29, 0.717) is 24.6 Å². The number of hydrogen-bond donors (Lipinski definition) is 2. The van der Waals surface area contributed by atoms with Crippen LogP contribution in [0.4, 0.5) is 5.69 Å². The van der Waals surface area contributed by atoms with E-state index in [4.69, 9.17) is 9.15 Å². The fourth-order valence-electron chi connectivity index (χ4n) is 4.97. The Morgan fingerprint density at radius 2 is 1.81 bits per heavy atom. The van der Waals surface area contributed by atoms with Crippen LogP contribution in [0.15, 0.2) is 77.4 Å². The summed E-state index contributed by atoms with van der Waals surface area (Å²) in [6.07, 6.45) is 6.87. The molecule has 1 aromatic heterocycles. The van der Waals surface area contributed by atoms with Gasteiger partial charge < -0.3 is 19.6 Å². The van der Waals surface area contributed by atoms with Gasteiger partial charge in [-0.3, -0.25) is 9.59 Å². The topological polar surface area (TPSA) is 88.8 Å². The summed E-state index contributed by atoms with van der Waals surface area (Å²) >= 11 is 0. The van der Waals surface area contributed by atoms with Crippen LogP contribution in [0.25, 0.3) is 21.9 Å². The lowest BCUT2D eigenvalue weighted by atomic mass is 9.95. The number of rotatable bonds is 9. The predicted molar refractivity (Wildman–Crippen MR) is 144 cm³/mol. The van der Waals surface area contributed by atoms with Gasteiger partial charge in [0, 0.05) is 11.3 Å². The molecule has 0 radical (unpaired) electrons. The van der Waals surface area contributed by atoms with Gasteiger partial charge in [-0.2, -0.15) is 0 Å². The first-order valence-corrected chi connectivity index (χ1v) is 12.8. The summed E-state index contributed by atoms with van der Waals surface area (Å²) in [6.45, 7) is 2.43. The number of carboxylic acids is 1. The lowest BCUT2D eigenvalue weighted by Gasteiger charge is -2.17. The molecule has 2 N–H and O–H groups in total. The van der Waals surface area contributed by atoms with E-state index >= 15 is 0 Å². The van der Waals surface area contributed by atoms with Crippen molar-refractivity contribution in [1.29, 1.82) is 0 Å². The molecular formula is C31H31NO5. The second-order valence-electron chi connectivity index (χ2n) is 9.94. The molecule has 0 bridgehead atoms. The minimum atomic E-state index is -0.802. The zero-order valence-electron chi connectivity index (χ0n) is 20.9. The highest BCUT2D eigenvalue weighted by atomic mass is 16.5. The van der Waals surface area contributed by atoms with Gasteiger partial charge in [0.15, 0.2) is 5.76 Å². The molecule has 6 nitrogen and oxygen atoms in total.